The minimum absolute atomic E-state index is 0.806. The highest BCUT2D eigenvalue weighted by molar-refractivity contribution is 5.38. The predicted octanol–water partition coefficient (Wildman–Crippen LogP) is -1.31. The van der Waals surface area contributed by atoms with E-state index in [1.165, 1.54) is 0 Å². The number of hydrogen-bond donors (Lipinski definition) is 2. The van der Waals surface area contributed by atoms with Crippen LogP contribution in [0.1, 0.15) is 0 Å². The molecule has 0 amide bonds. The Morgan fingerprint density at radius 3 is 1.67 bits per heavy atom. The van der Waals surface area contributed by atoms with E-state index in [1.807, 2.05) is 0 Å². The van der Waals surface area contributed by atoms with Gasteiger partial charge in [0.2, 0.25) is 11.9 Å². The Hall–Kier alpha value is -1.47. The summed E-state index contributed by atoms with van der Waals surface area (Å²) in [6, 6.07) is 0. The molecule has 0 aliphatic carbocycles. The van der Waals surface area contributed by atoms with E-state index in [9.17, 15) is 0 Å². The molecule has 7 heteroatoms. The molecular weight excluding hydrogens is 230 g/mol. The van der Waals surface area contributed by atoms with E-state index in [1.54, 1.807) is 6.33 Å². The van der Waals surface area contributed by atoms with Gasteiger partial charge in [-0.25, -0.2) is 9.97 Å². The van der Waals surface area contributed by atoms with Crippen LogP contribution in [0.5, 0.6) is 0 Å². The molecule has 0 bridgehead atoms. The first-order valence-corrected chi connectivity index (χ1v) is 6.54. The van der Waals surface area contributed by atoms with Crippen LogP contribution >= 0.6 is 0 Å². The van der Waals surface area contributed by atoms with E-state index in [2.05, 4.69) is 35.4 Å². The summed E-state index contributed by atoms with van der Waals surface area (Å²) >= 11 is 0. The third kappa shape index (κ3) is 2.51. The molecule has 1 aromatic heterocycles. The van der Waals surface area contributed by atoms with Gasteiger partial charge in [-0.15, -0.1) is 0 Å². The molecule has 7 nitrogen and oxygen atoms in total. The highest BCUT2D eigenvalue weighted by Gasteiger charge is 2.17. The van der Waals surface area contributed by atoms with Crippen molar-refractivity contribution in [2.24, 2.45) is 0 Å². The molecule has 2 saturated heterocycles. The summed E-state index contributed by atoms with van der Waals surface area (Å²) in [7, 11) is 0. The van der Waals surface area contributed by atoms with Crippen LogP contribution in [0.4, 0.5) is 11.9 Å². The van der Waals surface area contributed by atoms with Gasteiger partial charge in [0.1, 0.15) is 6.33 Å². The lowest BCUT2D eigenvalue weighted by Gasteiger charge is -2.30. The molecule has 0 aromatic carbocycles. The zero-order valence-corrected chi connectivity index (χ0v) is 10.5. The first kappa shape index (κ1) is 11.6. The standard InChI is InChI=1S/C11H19N7/c1-5-17(6-2-12-1)10-14-9-15-11(16-10)18-7-3-13-4-8-18/h9,12-13H,1-8H2. The number of piperazine rings is 2. The normalized spacial score (nSPS) is 21.1. The Labute approximate surface area is 107 Å². The van der Waals surface area contributed by atoms with Crippen LogP contribution in [0, 0.1) is 0 Å². The average molecular weight is 249 g/mol. The summed E-state index contributed by atoms with van der Waals surface area (Å²) in [6.07, 6.45) is 1.63. The van der Waals surface area contributed by atoms with Gasteiger partial charge in [-0.05, 0) is 0 Å². The van der Waals surface area contributed by atoms with Gasteiger partial charge in [-0.1, -0.05) is 0 Å². The van der Waals surface area contributed by atoms with Crippen molar-refractivity contribution >= 4 is 11.9 Å². The Morgan fingerprint density at radius 2 is 1.22 bits per heavy atom. The SMILES string of the molecule is c1nc(N2CCNCC2)nc(N2CCNCC2)n1. The molecule has 2 aliphatic rings. The van der Waals surface area contributed by atoms with Gasteiger partial charge in [0.15, 0.2) is 0 Å². The van der Waals surface area contributed by atoms with Crippen LogP contribution < -0.4 is 20.4 Å². The highest BCUT2D eigenvalue weighted by atomic mass is 15.4. The van der Waals surface area contributed by atoms with Crippen molar-refractivity contribution in [2.75, 3.05) is 62.2 Å². The van der Waals surface area contributed by atoms with Crippen LogP contribution in [0.15, 0.2) is 6.33 Å². The first-order valence-electron chi connectivity index (χ1n) is 6.54. The van der Waals surface area contributed by atoms with E-state index in [-0.39, 0.29) is 0 Å². The van der Waals surface area contributed by atoms with Gasteiger partial charge in [-0.3, -0.25) is 0 Å². The van der Waals surface area contributed by atoms with Crippen LogP contribution in [0.25, 0.3) is 0 Å². The van der Waals surface area contributed by atoms with Crippen molar-refractivity contribution in [3.05, 3.63) is 6.33 Å². The van der Waals surface area contributed by atoms with Crippen molar-refractivity contribution in [1.29, 1.82) is 0 Å². The lowest BCUT2D eigenvalue weighted by molar-refractivity contribution is 0.568. The number of aromatic nitrogens is 3. The minimum Gasteiger partial charge on any atom is -0.338 e. The van der Waals surface area contributed by atoms with Gasteiger partial charge in [0, 0.05) is 52.4 Å². The monoisotopic (exact) mass is 249 g/mol. The third-order valence-electron chi connectivity index (χ3n) is 3.35. The molecule has 0 atom stereocenters. The van der Waals surface area contributed by atoms with Crippen molar-refractivity contribution in [2.45, 2.75) is 0 Å². The van der Waals surface area contributed by atoms with Gasteiger partial charge in [-0.2, -0.15) is 4.98 Å². The smallest absolute Gasteiger partial charge is 0.230 e. The number of nitrogens with zero attached hydrogens (tertiary/aromatic N) is 5. The Kier molecular flexibility index (Phi) is 3.51. The maximum atomic E-state index is 4.59. The van der Waals surface area contributed by atoms with E-state index in [0.29, 0.717) is 0 Å². The van der Waals surface area contributed by atoms with Crippen molar-refractivity contribution in [3.63, 3.8) is 0 Å². The second-order valence-electron chi connectivity index (χ2n) is 4.56. The second-order valence-corrected chi connectivity index (χ2v) is 4.56. The first-order chi connectivity index (χ1) is 8.93. The number of hydrogen-bond acceptors (Lipinski definition) is 7. The predicted molar refractivity (Wildman–Crippen MR) is 70.0 cm³/mol. The van der Waals surface area contributed by atoms with Crippen LogP contribution in [0.3, 0.4) is 0 Å². The van der Waals surface area contributed by atoms with Crippen molar-refractivity contribution < 1.29 is 0 Å². The summed E-state index contributed by atoms with van der Waals surface area (Å²) in [6.45, 7) is 7.83. The van der Waals surface area contributed by atoms with Gasteiger partial charge < -0.3 is 20.4 Å². The molecule has 2 fully saturated rings. The molecule has 0 radical (unpaired) electrons. The lowest BCUT2D eigenvalue weighted by Crippen LogP contribution is -2.46. The summed E-state index contributed by atoms with van der Waals surface area (Å²) in [5.41, 5.74) is 0. The fraction of sp³-hybridized carbons (Fsp3) is 0.727. The zero-order chi connectivity index (χ0) is 12.2. The largest absolute Gasteiger partial charge is 0.338 e. The van der Waals surface area contributed by atoms with Gasteiger partial charge in [0.25, 0.3) is 0 Å². The van der Waals surface area contributed by atoms with E-state index in [0.717, 1.165) is 64.3 Å². The number of nitrogens with one attached hydrogen (secondary N) is 2. The molecule has 2 aliphatic heterocycles. The highest BCUT2D eigenvalue weighted by Crippen LogP contribution is 2.12. The maximum Gasteiger partial charge on any atom is 0.230 e. The Balaban J connectivity index is 1.75. The topological polar surface area (TPSA) is 69.2 Å². The lowest BCUT2D eigenvalue weighted by atomic mass is 10.4. The molecule has 18 heavy (non-hydrogen) atoms. The zero-order valence-electron chi connectivity index (χ0n) is 10.5. The van der Waals surface area contributed by atoms with Gasteiger partial charge in [0.05, 0.1) is 0 Å². The second kappa shape index (κ2) is 5.45. The minimum atomic E-state index is 0.806. The summed E-state index contributed by atoms with van der Waals surface area (Å²) in [4.78, 5) is 17.6. The summed E-state index contributed by atoms with van der Waals surface area (Å²) in [5, 5.41) is 6.66. The molecule has 0 saturated carbocycles. The molecule has 3 rings (SSSR count). The third-order valence-corrected chi connectivity index (χ3v) is 3.35. The summed E-state index contributed by atoms with van der Waals surface area (Å²) < 4.78 is 0. The molecule has 2 N–H and O–H groups in total. The Bertz CT molecular complexity index is 351. The van der Waals surface area contributed by atoms with E-state index < -0.39 is 0 Å². The quantitative estimate of drug-likeness (QED) is 0.674. The van der Waals surface area contributed by atoms with E-state index in [4.69, 9.17) is 0 Å². The van der Waals surface area contributed by atoms with Crippen LogP contribution in [-0.2, 0) is 0 Å². The average Bonchev–Trinajstić information content (AvgIpc) is 2.49. The molecule has 3 heterocycles. The maximum absolute atomic E-state index is 4.59. The van der Waals surface area contributed by atoms with E-state index >= 15 is 0 Å². The fourth-order valence-corrected chi connectivity index (χ4v) is 2.31. The molecule has 1 aromatic rings. The van der Waals surface area contributed by atoms with Gasteiger partial charge >= 0.3 is 0 Å². The molecule has 98 valence electrons. The van der Waals surface area contributed by atoms with Crippen molar-refractivity contribution in [3.8, 4) is 0 Å². The molecule has 0 spiro atoms. The van der Waals surface area contributed by atoms with Crippen LogP contribution in [-0.4, -0.2) is 67.3 Å². The Morgan fingerprint density at radius 1 is 0.778 bits per heavy atom. The summed E-state index contributed by atoms with van der Waals surface area (Å²) in [5.74, 6) is 1.61. The van der Waals surface area contributed by atoms with Crippen molar-refractivity contribution in [1.82, 2.24) is 25.6 Å². The molecule has 0 unspecified atom stereocenters. The molecular formula is C11H19N7. The number of anilines is 2. The number of rotatable bonds is 2. The van der Waals surface area contributed by atoms with Crippen LogP contribution in [0.2, 0.25) is 0 Å². The fourth-order valence-electron chi connectivity index (χ4n) is 2.31.